The van der Waals surface area contributed by atoms with Gasteiger partial charge in [0.1, 0.15) is 5.82 Å². The van der Waals surface area contributed by atoms with E-state index < -0.39 is 15.6 Å². The van der Waals surface area contributed by atoms with E-state index in [0.29, 0.717) is 24.4 Å². The minimum Gasteiger partial charge on any atom is -0.334 e. The van der Waals surface area contributed by atoms with Crippen LogP contribution in [0.2, 0.25) is 0 Å². The van der Waals surface area contributed by atoms with Crippen LogP contribution in [0, 0.1) is 5.82 Å². The zero-order valence-electron chi connectivity index (χ0n) is 13.0. The smallest absolute Gasteiger partial charge is 0.257 e. The molecule has 23 heavy (non-hydrogen) atoms. The minimum atomic E-state index is -3.38. The van der Waals surface area contributed by atoms with Crippen molar-refractivity contribution in [2.24, 2.45) is 0 Å². The van der Waals surface area contributed by atoms with E-state index in [1.54, 1.807) is 12.1 Å². The van der Waals surface area contributed by atoms with E-state index in [4.69, 9.17) is 4.52 Å². The Morgan fingerprint density at radius 3 is 2.61 bits per heavy atom. The van der Waals surface area contributed by atoms with E-state index in [-0.39, 0.29) is 11.7 Å². The van der Waals surface area contributed by atoms with E-state index >= 15 is 0 Å². The third kappa shape index (κ3) is 3.00. The lowest BCUT2D eigenvalue weighted by molar-refractivity contribution is 0.137. The Hall–Kier alpha value is -1.80. The lowest BCUT2D eigenvalue weighted by atomic mass is 9.90. The number of hydrogen-bond acceptors (Lipinski definition) is 5. The first-order valence-electron chi connectivity index (χ1n) is 7.39. The van der Waals surface area contributed by atoms with Crippen molar-refractivity contribution in [3.63, 3.8) is 0 Å². The van der Waals surface area contributed by atoms with Gasteiger partial charge in [-0.2, -0.15) is 9.29 Å². The van der Waals surface area contributed by atoms with Gasteiger partial charge in [-0.3, -0.25) is 0 Å². The Kier molecular flexibility index (Phi) is 3.97. The fourth-order valence-corrected chi connectivity index (χ4v) is 4.37. The lowest BCUT2D eigenvalue weighted by Gasteiger charge is -2.40. The van der Waals surface area contributed by atoms with Crippen LogP contribution in [-0.4, -0.2) is 35.7 Å². The highest BCUT2D eigenvalue weighted by Gasteiger charge is 2.44. The quantitative estimate of drug-likeness (QED) is 0.859. The normalized spacial score (nSPS) is 23.1. The molecule has 1 aliphatic heterocycles. The Balaban J connectivity index is 1.99. The molecule has 1 fully saturated rings. The number of nitrogens with zero attached hydrogens (tertiary/aromatic N) is 3. The highest BCUT2D eigenvalue weighted by molar-refractivity contribution is 7.88. The van der Waals surface area contributed by atoms with Gasteiger partial charge < -0.3 is 4.52 Å². The molecule has 0 aliphatic carbocycles. The Morgan fingerprint density at radius 1 is 1.26 bits per heavy atom. The van der Waals surface area contributed by atoms with Gasteiger partial charge in [0.2, 0.25) is 10.0 Å². The summed E-state index contributed by atoms with van der Waals surface area (Å²) in [5.41, 5.74) is -0.233. The second-order valence-corrected chi connectivity index (χ2v) is 7.90. The summed E-state index contributed by atoms with van der Waals surface area (Å²) in [6.07, 6.45) is 3.52. The molecule has 1 atom stereocenters. The zero-order valence-corrected chi connectivity index (χ0v) is 13.8. The van der Waals surface area contributed by atoms with Gasteiger partial charge >= 0.3 is 0 Å². The first kappa shape index (κ1) is 16.1. The average Bonchev–Trinajstić information content (AvgIpc) is 2.98. The summed E-state index contributed by atoms with van der Waals surface area (Å²) in [5.74, 6) is 0.234. The summed E-state index contributed by atoms with van der Waals surface area (Å²) in [6, 6.07) is 5.71. The van der Waals surface area contributed by atoms with Gasteiger partial charge in [-0.1, -0.05) is 5.16 Å². The monoisotopic (exact) mass is 339 g/mol. The molecule has 1 aromatic carbocycles. The van der Waals surface area contributed by atoms with Crippen molar-refractivity contribution >= 4 is 10.0 Å². The molecular formula is C15H18FN3O3S. The molecule has 0 spiro atoms. The van der Waals surface area contributed by atoms with Gasteiger partial charge in [-0.25, -0.2) is 12.8 Å². The molecule has 1 unspecified atom stereocenters. The number of aromatic nitrogens is 2. The van der Waals surface area contributed by atoms with Gasteiger partial charge in [0.05, 0.1) is 11.8 Å². The molecule has 2 aromatic rings. The molecule has 1 aromatic heterocycles. The Bertz CT molecular complexity index is 804. The molecule has 0 saturated carbocycles. The van der Waals surface area contributed by atoms with E-state index in [1.165, 1.54) is 22.7 Å². The lowest BCUT2D eigenvalue weighted by Crippen LogP contribution is -2.50. The summed E-state index contributed by atoms with van der Waals surface area (Å²) in [6.45, 7) is 2.25. The summed E-state index contributed by atoms with van der Waals surface area (Å²) >= 11 is 0. The summed E-state index contributed by atoms with van der Waals surface area (Å²) in [4.78, 5) is 4.36. The van der Waals surface area contributed by atoms with Crippen molar-refractivity contribution in [1.29, 1.82) is 0 Å². The van der Waals surface area contributed by atoms with Crippen molar-refractivity contribution in [1.82, 2.24) is 14.4 Å². The van der Waals surface area contributed by atoms with E-state index in [9.17, 15) is 12.8 Å². The second kappa shape index (κ2) is 5.68. The number of rotatable bonds is 3. The van der Waals surface area contributed by atoms with Crippen molar-refractivity contribution in [2.75, 3.05) is 12.8 Å². The third-order valence-electron chi connectivity index (χ3n) is 4.22. The van der Waals surface area contributed by atoms with Gasteiger partial charge in [-0.15, -0.1) is 0 Å². The van der Waals surface area contributed by atoms with Crippen LogP contribution in [0.5, 0.6) is 0 Å². The second-order valence-electron chi connectivity index (χ2n) is 6.00. The summed E-state index contributed by atoms with van der Waals surface area (Å²) in [7, 11) is -3.38. The van der Waals surface area contributed by atoms with Crippen LogP contribution in [0.4, 0.5) is 4.39 Å². The van der Waals surface area contributed by atoms with Gasteiger partial charge in [-0.05, 0) is 50.5 Å². The molecule has 8 heteroatoms. The maximum Gasteiger partial charge on any atom is 0.257 e. The SMILES string of the molecule is CC1(c2noc(-c3ccc(F)cc3)n2)CCCCN1S(C)(=O)=O. The Morgan fingerprint density at radius 2 is 1.96 bits per heavy atom. The van der Waals surface area contributed by atoms with Crippen LogP contribution in [0.1, 0.15) is 32.0 Å². The first-order valence-corrected chi connectivity index (χ1v) is 9.23. The van der Waals surface area contributed by atoms with Gasteiger partial charge in [0.15, 0.2) is 5.82 Å². The largest absolute Gasteiger partial charge is 0.334 e. The molecule has 0 N–H and O–H groups in total. The summed E-state index contributed by atoms with van der Waals surface area (Å²) < 4.78 is 43.9. The molecule has 1 aliphatic rings. The first-order chi connectivity index (χ1) is 10.8. The maximum absolute atomic E-state index is 13.0. The van der Waals surface area contributed by atoms with Crippen LogP contribution in [0.25, 0.3) is 11.5 Å². The van der Waals surface area contributed by atoms with Crippen molar-refractivity contribution in [3.8, 4) is 11.5 Å². The van der Waals surface area contributed by atoms with Crippen LogP contribution in [-0.2, 0) is 15.6 Å². The third-order valence-corrected chi connectivity index (χ3v) is 5.61. The highest BCUT2D eigenvalue weighted by Crippen LogP contribution is 2.38. The molecular weight excluding hydrogens is 321 g/mol. The predicted molar refractivity (Wildman–Crippen MR) is 82.4 cm³/mol. The van der Waals surface area contributed by atoms with Gasteiger partial charge in [0, 0.05) is 12.1 Å². The van der Waals surface area contributed by atoms with Crippen molar-refractivity contribution in [2.45, 2.75) is 31.7 Å². The number of hydrogen-bond donors (Lipinski definition) is 0. The standard InChI is InChI=1S/C15H18FN3O3S/c1-15(9-3-4-10-19(15)23(2,20)21)14-17-13(22-18-14)11-5-7-12(16)8-6-11/h5-8H,3-4,9-10H2,1-2H3. The number of piperidine rings is 1. The molecule has 124 valence electrons. The average molecular weight is 339 g/mol. The van der Waals surface area contributed by atoms with E-state index in [2.05, 4.69) is 10.1 Å². The van der Waals surface area contributed by atoms with E-state index in [1.807, 2.05) is 6.92 Å². The predicted octanol–water partition coefficient (Wildman–Crippen LogP) is 2.54. The van der Waals surface area contributed by atoms with E-state index in [0.717, 1.165) is 12.8 Å². The number of benzene rings is 1. The van der Waals surface area contributed by atoms with Crippen molar-refractivity contribution in [3.05, 3.63) is 35.9 Å². The topological polar surface area (TPSA) is 76.3 Å². The fraction of sp³-hybridized carbons (Fsp3) is 0.467. The highest BCUT2D eigenvalue weighted by atomic mass is 32.2. The molecule has 0 bridgehead atoms. The molecule has 2 heterocycles. The molecule has 0 amide bonds. The molecule has 6 nitrogen and oxygen atoms in total. The number of sulfonamides is 1. The maximum atomic E-state index is 13.0. The van der Waals surface area contributed by atoms with Crippen LogP contribution >= 0.6 is 0 Å². The molecule has 1 saturated heterocycles. The number of halogens is 1. The van der Waals surface area contributed by atoms with Crippen molar-refractivity contribution < 1.29 is 17.3 Å². The van der Waals surface area contributed by atoms with Crippen LogP contribution < -0.4 is 0 Å². The molecule has 3 rings (SSSR count). The zero-order chi connectivity index (χ0) is 16.7. The molecule has 0 radical (unpaired) electrons. The van der Waals surface area contributed by atoms with Gasteiger partial charge in [0.25, 0.3) is 5.89 Å². The van der Waals surface area contributed by atoms with Crippen LogP contribution in [0.15, 0.2) is 28.8 Å². The summed E-state index contributed by atoms with van der Waals surface area (Å²) in [5, 5.41) is 3.99. The fourth-order valence-electron chi connectivity index (χ4n) is 3.00. The Labute approximate surface area is 134 Å². The minimum absolute atomic E-state index is 0.250. The van der Waals surface area contributed by atoms with Crippen LogP contribution in [0.3, 0.4) is 0 Å².